The second-order valence-electron chi connectivity index (χ2n) is 5.25. The van der Waals surface area contributed by atoms with Gasteiger partial charge in [0.15, 0.2) is 0 Å². The predicted octanol–water partition coefficient (Wildman–Crippen LogP) is 2.22. The van der Waals surface area contributed by atoms with Crippen molar-refractivity contribution in [2.24, 2.45) is 5.92 Å². The van der Waals surface area contributed by atoms with Crippen molar-refractivity contribution in [3.8, 4) is 0 Å². The number of carbonyl (C=O) groups excluding carboxylic acids is 1. The van der Waals surface area contributed by atoms with Crippen LogP contribution in [0.3, 0.4) is 0 Å². The van der Waals surface area contributed by atoms with E-state index in [1.54, 1.807) is 12.3 Å². The molecule has 1 aliphatic heterocycles. The lowest BCUT2D eigenvalue weighted by atomic mass is 9.99. The van der Waals surface area contributed by atoms with Crippen LogP contribution in [0.1, 0.15) is 54.7 Å². The lowest BCUT2D eigenvalue weighted by Crippen LogP contribution is -2.45. The van der Waals surface area contributed by atoms with Crippen LogP contribution in [0.2, 0.25) is 0 Å². The Balaban J connectivity index is 2.03. The van der Waals surface area contributed by atoms with Gasteiger partial charge in [0.2, 0.25) is 0 Å². The average molecular weight is 312 g/mol. The molecule has 0 aliphatic carbocycles. The molecule has 6 nitrogen and oxygen atoms in total. The zero-order chi connectivity index (χ0) is 15.4. The molecule has 2 heterocycles. The lowest BCUT2D eigenvalue weighted by Gasteiger charge is -2.19. The smallest absolute Gasteiger partial charge is 0.326 e. The number of ether oxygens (including phenoxy) is 1. The summed E-state index contributed by atoms with van der Waals surface area (Å²) in [5.41, 5.74) is 0.264. The molecule has 21 heavy (non-hydrogen) atoms. The van der Waals surface area contributed by atoms with Crippen LogP contribution in [0, 0.1) is 5.92 Å². The van der Waals surface area contributed by atoms with Gasteiger partial charge in [-0.1, -0.05) is 20.3 Å². The van der Waals surface area contributed by atoms with Crippen LogP contribution in [-0.2, 0) is 9.53 Å². The van der Waals surface area contributed by atoms with E-state index in [0.717, 1.165) is 24.5 Å². The molecule has 7 heteroatoms. The molecule has 0 spiro atoms. The summed E-state index contributed by atoms with van der Waals surface area (Å²) in [5.74, 6) is -1.60. The zero-order valence-electron chi connectivity index (χ0n) is 12.2. The Hall–Kier alpha value is -1.47. The Bertz CT molecular complexity index is 511. The molecule has 1 aliphatic rings. The van der Waals surface area contributed by atoms with Gasteiger partial charge in [-0.2, -0.15) is 0 Å². The van der Waals surface area contributed by atoms with E-state index >= 15 is 0 Å². The Morgan fingerprint density at radius 3 is 2.95 bits per heavy atom. The maximum Gasteiger partial charge on any atom is 0.326 e. The SMILES string of the molecule is CC[C@H](C)[C@H](NC(=O)c1csc(C2CCCO2)n1)C(=O)O. The number of carboxylic acid groups (broad SMARTS) is 1. The van der Waals surface area contributed by atoms with Gasteiger partial charge < -0.3 is 15.2 Å². The molecule has 1 aromatic rings. The summed E-state index contributed by atoms with van der Waals surface area (Å²) in [7, 11) is 0. The molecule has 1 unspecified atom stereocenters. The third kappa shape index (κ3) is 3.79. The van der Waals surface area contributed by atoms with E-state index in [9.17, 15) is 14.7 Å². The Kier molecular flexibility index (Phi) is 5.30. The number of nitrogens with zero attached hydrogens (tertiary/aromatic N) is 1. The number of aliphatic carboxylic acids is 1. The highest BCUT2D eigenvalue weighted by molar-refractivity contribution is 7.09. The molecule has 1 fully saturated rings. The standard InChI is InChI=1S/C14H20N2O4S/c1-3-8(2)11(14(18)19)16-12(17)9-7-21-13(15-9)10-5-4-6-20-10/h7-8,10-11H,3-6H2,1-2H3,(H,16,17)(H,18,19)/t8-,10?,11-/m0/s1. The first-order valence-corrected chi connectivity index (χ1v) is 8.01. The van der Waals surface area contributed by atoms with Crippen LogP contribution in [0.4, 0.5) is 0 Å². The molecule has 0 radical (unpaired) electrons. The number of hydrogen-bond acceptors (Lipinski definition) is 5. The number of carbonyl (C=O) groups is 2. The van der Waals surface area contributed by atoms with Crippen molar-refractivity contribution >= 4 is 23.2 Å². The molecule has 1 saturated heterocycles. The Labute approximate surface area is 127 Å². The number of rotatable bonds is 6. The highest BCUT2D eigenvalue weighted by Crippen LogP contribution is 2.30. The van der Waals surface area contributed by atoms with Crippen molar-refractivity contribution in [1.29, 1.82) is 0 Å². The maximum atomic E-state index is 12.1. The van der Waals surface area contributed by atoms with Gasteiger partial charge in [-0.15, -0.1) is 11.3 Å². The highest BCUT2D eigenvalue weighted by atomic mass is 32.1. The summed E-state index contributed by atoms with van der Waals surface area (Å²) in [6.07, 6.45) is 2.57. The molecule has 1 amide bonds. The van der Waals surface area contributed by atoms with E-state index in [1.165, 1.54) is 11.3 Å². The monoisotopic (exact) mass is 312 g/mol. The average Bonchev–Trinajstić information content (AvgIpc) is 3.12. The minimum Gasteiger partial charge on any atom is -0.480 e. The third-order valence-corrected chi connectivity index (χ3v) is 4.66. The normalized spacial score (nSPS) is 21.0. The number of nitrogens with one attached hydrogen (secondary N) is 1. The topological polar surface area (TPSA) is 88.5 Å². The fourth-order valence-corrected chi connectivity index (χ4v) is 3.09. The molecule has 0 saturated carbocycles. The van der Waals surface area contributed by atoms with Crippen molar-refractivity contribution in [1.82, 2.24) is 10.3 Å². The van der Waals surface area contributed by atoms with Gasteiger partial charge in [0, 0.05) is 12.0 Å². The van der Waals surface area contributed by atoms with Crippen LogP contribution in [0.25, 0.3) is 0 Å². The first-order chi connectivity index (χ1) is 10.0. The quantitative estimate of drug-likeness (QED) is 0.841. The molecular weight excluding hydrogens is 292 g/mol. The molecule has 3 atom stereocenters. The molecular formula is C14H20N2O4S. The second-order valence-corrected chi connectivity index (χ2v) is 6.14. The molecule has 2 rings (SSSR count). The van der Waals surface area contributed by atoms with E-state index in [-0.39, 0.29) is 17.7 Å². The van der Waals surface area contributed by atoms with E-state index in [2.05, 4.69) is 10.3 Å². The van der Waals surface area contributed by atoms with Gasteiger partial charge in [0.1, 0.15) is 22.8 Å². The Morgan fingerprint density at radius 1 is 1.62 bits per heavy atom. The van der Waals surface area contributed by atoms with Crippen LogP contribution >= 0.6 is 11.3 Å². The van der Waals surface area contributed by atoms with Gasteiger partial charge in [0.25, 0.3) is 5.91 Å². The number of thiazole rings is 1. The van der Waals surface area contributed by atoms with Crippen molar-refractivity contribution in [2.75, 3.05) is 6.61 Å². The van der Waals surface area contributed by atoms with Gasteiger partial charge in [-0.3, -0.25) is 4.79 Å². The van der Waals surface area contributed by atoms with E-state index < -0.39 is 17.9 Å². The molecule has 2 N–H and O–H groups in total. The third-order valence-electron chi connectivity index (χ3n) is 3.73. The summed E-state index contributed by atoms with van der Waals surface area (Å²) < 4.78 is 5.53. The summed E-state index contributed by atoms with van der Waals surface area (Å²) in [5, 5.41) is 14.2. The predicted molar refractivity (Wildman–Crippen MR) is 78.4 cm³/mol. The summed E-state index contributed by atoms with van der Waals surface area (Å²) in [6.45, 7) is 4.42. The lowest BCUT2D eigenvalue weighted by molar-refractivity contribution is -0.140. The number of hydrogen-bond donors (Lipinski definition) is 2. The molecule has 0 aromatic carbocycles. The van der Waals surface area contributed by atoms with Crippen molar-refractivity contribution in [2.45, 2.75) is 45.3 Å². The summed E-state index contributed by atoms with van der Waals surface area (Å²) >= 11 is 1.38. The van der Waals surface area contributed by atoms with Crippen molar-refractivity contribution < 1.29 is 19.4 Å². The maximum absolute atomic E-state index is 12.1. The van der Waals surface area contributed by atoms with Gasteiger partial charge in [0.05, 0.1) is 0 Å². The van der Waals surface area contributed by atoms with Gasteiger partial charge in [-0.05, 0) is 18.8 Å². The fourth-order valence-electron chi connectivity index (χ4n) is 2.21. The van der Waals surface area contributed by atoms with Crippen molar-refractivity contribution in [3.05, 3.63) is 16.1 Å². The zero-order valence-corrected chi connectivity index (χ0v) is 13.0. The van der Waals surface area contributed by atoms with Gasteiger partial charge >= 0.3 is 5.97 Å². The molecule has 0 bridgehead atoms. The van der Waals surface area contributed by atoms with E-state index in [1.807, 2.05) is 6.92 Å². The number of aromatic nitrogens is 1. The summed E-state index contributed by atoms with van der Waals surface area (Å²) in [4.78, 5) is 27.6. The van der Waals surface area contributed by atoms with Crippen molar-refractivity contribution in [3.63, 3.8) is 0 Å². The molecule has 116 valence electrons. The van der Waals surface area contributed by atoms with Crippen LogP contribution < -0.4 is 5.32 Å². The number of carboxylic acids is 1. The largest absolute Gasteiger partial charge is 0.480 e. The van der Waals surface area contributed by atoms with E-state index in [4.69, 9.17) is 4.74 Å². The van der Waals surface area contributed by atoms with E-state index in [0.29, 0.717) is 6.42 Å². The van der Waals surface area contributed by atoms with Crippen LogP contribution in [0.5, 0.6) is 0 Å². The molecule has 1 aromatic heterocycles. The highest BCUT2D eigenvalue weighted by Gasteiger charge is 2.27. The first-order valence-electron chi connectivity index (χ1n) is 7.13. The first kappa shape index (κ1) is 15.9. The van der Waals surface area contributed by atoms with Crippen LogP contribution in [-0.4, -0.2) is 34.6 Å². The minimum absolute atomic E-state index is 0.0265. The summed E-state index contributed by atoms with van der Waals surface area (Å²) in [6, 6.07) is -0.893. The van der Waals surface area contributed by atoms with Gasteiger partial charge in [-0.25, -0.2) is 9.78 Å². The minimum atomic E-state index is -1.02. The number of amides is 1. The second kappa shape index (κ2) is 7.00. The Morgan fingerprint density at radius 2 is 2.38 bits per heavy atom. The fraction of sp³-hybridized carbons (Fsp3) is 0.643. The van der Waals surface area contributed by atoms with Crippen LogP contribution in [0.15, 0.2) is 5.38 Å².